The molecule has 242 valence electrons. The predicted octanol–water partition coefficient (Wildman–Crippen LogP) is 3.81. The highest BCUT2D eigenvalue weighted by Crippen LogP contribution is 2.24. The average Bonchev–Trinajstić information content (AvgIpc) is 2.99. The Morgan fingerprint density at radius 2 is 1.82 bits per heavy atom. The summed E-state index contributed by atoms with van der Waals surface area (Å²) in [6.07, 6.45) is 2.59. The van der Waals surface area contributed by atoms with Crippen molar-refractivity contribution in [1.82, 2.24) is 30.5 Å². The number of hydrogen-bond donors (Lipinski definition) is 2. The summed E-state index contributed by atoms with van der Waals surface area (Å²) in [5.74, 6) is 0.00338. The molecule has 1 atom stereocenters. The fourth-order valence-electron chi connectivity index (χ4n) is 4.31. The Bertz CT molecular complexity index is 1170. The van der Waals surface area contributed by atoms with Gasteiger partial charge in [0.2, 0.25) is 5.91 Å². The Morgan fingerprint density at radius 3 is 2.39 bits per heavy atom. The van der Waals surface area contributed by atoms with Gasteiger partial charge in [0.05, 0.1) is 16.6 Å². The lowest BCUT2D eigenvalue weighted by atomic mass is 10.2. The van der Waals surface area contributed by atoms with Crippen LogP contribution in [0.4, 0.5) is 4.79 Å². The monoisotopic (exact) mass is 650 g/mol. The normalized spacial score (nSPS) is 14.5. The molecule has 0 radical (unpaired) electrons. The molecule has 0 bridgehead atoms. The second-order valence-corrected chi connectivity index (χ2v) is 10.5. The van der Waals surface area contributed by atoms with Crippen LogP contribution in [0.15, 0.2) is 61.2 Å². The summed E-state index contributed by atoms with van der Waals surface area (Å²) >= 11 is 12.3. The van der Waals surface area contributed by atoms with Gasteiger partial charge < -0.3 is 25.1 Å². The zero-order valence-corrected chi connectivity index (χ0v) is 27.4. The molecule has 11 nitrogen and oxygen atoms in total. The summed E-state index contributed by atoms with van der Waals surface area (Å²) in [7, 11) is 5.63. The molecule has 3 rings (SSSR count). The molecule has 1 saturated heterocycles. The molecule has 2 aromatic rings. The molecule has 1 fully saturated rings. The first-order valence-electron chi connectivity index (χ1n) is 14.1. The van der Waals surface area contributed by atoms with Crippen molar-refractivity contribution in [3.05, 3.63) is 82.4 Å². The molecule has 1 unspecified atom stereocenters. The number of amides is 3. The summed E-state index contributed by atoms with van der Waals surface area (Å²) in [5, 5.41) is 10.5. The van der Waals surface area contributed by atoms with E-state index in [0.717, 1.165) is 30.4 Å². The van der Waals surface area contributed by atoms with Gasteiger partial charge in [0.25, 0.3) is 6.47 Å². The molecule has 44 heavy (non-hydrogen) atoms. The van der Waals surface area contributed by atoms with Crippen LogP contribution in [-0.2, 0) is 32.2 Å². The number of hydrogen-bond acceptors (Lipinski definition) is 8. The van der Waals surface area contributed by atoms with Crippen molar-refractivity contribution in [2.45, 2.75) is 32.6 Å². The Kier molecular flexibility index (Phi) is 19.4. The topological polar surface area (TPSA) is 115 Å². The Hall–Kier alpha value is -3.48. The molecule has 13 heteroatoms. The molecule has 3 amide bonds. The summed E-state index contributed by atoms with van der Waals surface area (Å²) in [6.45, 7) is 8.41. The number of nitrogens with one attached hydrogen (secondary N) is 2. The number of carbonyl (C=O) groups excluding carboxylic acids is 4. The SMILES string of the molecule is C=CCOC=O.CC=O.CNCCCN1C(=O)CN(C)N(C(=O)NCc2ccccc2)C1CN(C)Cc1ccc(Cl)c(Cl)c1. The van der Waals surface area contributed by atoms with Gasteiger partial charge in [0.15, 0.2) is 0 Å². The van der Waals surface area contributed by atoms with E-state index in [9.17, 15) is 14.4 Å². The first kappa shape index (κ1) is 38.5. The van der Waals surface area contributed by atoms with Crippen molar-refractivity contribution >= 4 is 47.9 Å². The number of aldehydes is 1. The summed E-state index contributed by atoms with van der Waals surface area (Å²) in [5.41, 5.74) is 2.01. The number of halogens is 2. The molecule has 0 aliphatic carbocycles. The zero-order chi connectivity index (χ0) is 32.9. The minimum Gasteiger partial charge on any atom is -0.464 e. The molecule has 1 aliphatic rings. The van der Waals surface area contributed by atoms with Crippen LogP contribution in [0.5, 0.6) is 0 Å². The van der Waals surface area contributed by atoms with Gasteiger partial charge >= 0.3 is 6.03 Å². The third kappa shape index (κ3) is 13.9. The molecule has 1 aliphatic heterocycles. The van der Waals surface area contributed by atoms with Crippen molar-refractivity contribution in [2.75, 3.05) is 53.9 Å². The third-order valence-corrected chi connectivity index (χ3v) is 6.95. The van der Waals surface area contributed by atoms with E-state index in [1.54, 1.807) is 23.1 Å². The lowest BCUT2D eigenvalue weighted by Gasteiger charge is -2.49. The smallest absolute Gasteiger partial charge is 0.334 e. The van der Waals surface area contributed by atoms with Crippen molar-refractivity contribution in [3.63, 3.8) is 0 Å². The lowest BCUT2D eigenvalue weighted by molar-refractivity contribution is -0.164. The number of rotatable bonds is 13. The maximum Gasteiger partial charge on any atom is 0.334 e. The largest absolute Gasteiger partial charge is 0.464 e. The van der Waals surface area contributed by atoms with Crippen LogP contribution in [0, 0.1) is 0 Å². The van der Waals surface area contributed by atoms with Crippen molar-refractivity contribution in [3.8, 4) is 0 Å². The highest BCUT2D eigenvalue weighted by molar-refractivity contribution is 6.42. The number of benzene rings is 2. The highest BCUT2D eigenvalue weighted by Gasteiger charge is 2.40. The number of hydrazine groups is 1. The molecule has 1 heterocycles. The zero-order valence-electron chi connectivity index (χ0n) is 25.9. The molecule has 0 saturated carbocycles. The molecule has 2 N–H and O–H groups in total. The first-order valence-corrected chi connectivity index (χ1v) is 14.8. The number of ether oxygens (including phenoxy) is 1. The molecule has 0 spiro atoms. The van der Waals surface area contributed by atoms with E-state index in [0.29, 0.717) is 49.3 Å². The molecular formula is C31H44Cl2N6O5. The number of nitrogens with zero attached hydrogens (tertiary/aromatic N) is 4. The van der Waals surface area contributed by atoms with E-state index >= 15 is 0 Å². The van der Waals surface area contributed by atoms with Crippen LogP contribution in [0.1, 0.15) is 24.5 Å². The fraction of sp³-hybridized carbons (Fsp3) is 0.419. The standard InChI is InChI=1S/C25H34Cl2N6O2.C4H6O2.C2H4O/c1-28-12-7-13-32-23(17-30(2)16-20-10-11-21(26)22(27)14-20)33(31(3)18-24(32)34)25(35)29-15-19-8-5-4-6-9-19;1-2-3-6-4-5;1-2-3/h4-6,8-11,14,23,28H,7,12-13,15-18H2,1-3H3,(H,29,35);2,4H,1,3H2;2H,1H3. The third-order valence-electron chi connectivity index (χ3n) is 6.21. The van der Waals surface area contributed by atoms with E-state index in [2.05, 4.69) is 26.8 Å². The number of carbonyl (C=O) groups is 4. The Balaban J connectivity index is 0.000000944. The Morgan fingerprint density at radius 1 is 1.14 bits per heavy atom. The van der Waals surface area contributed by atoms with Gasteiger partial charge in [-0.25, -0.2) is 14.8 Å². The lowest BCUT2D eigenvalue weighted by Crippen LogP contribution is -2.69. The summed E-state index contributed by atoms with van der Waals surface area (Å²) < 4.78 is 4.18. The van der Waals surface area contributed by atoms with Gasteiger partial charge in [0, 0.05) is 33.2 Å². The van der Waals surface area contributed by atoms with Crippen LogP contribution in [0.2, 0.25) is 10.0 Å². The summed E-state index contributed by atoms with van der Waals surface area (Å²) in [6, 6.07) is 15.1. The van der Waals surface area contributed by atoms with Gasteiger partial charge in [-0.2, -0.15) is 0 Å². The highest BCUT2D eigenvalue weighted by atomic mass is 35.5. The van der Waals surface area contributed by atoms with Crippen LogP contribution in [0.3, 0.4) is 0 Å². The van der Waals surface area contributed by atoms with E-state index in [4.69, 9.17) is 28.0 Å². The van der Waals surface area contributed by atoms with Crippen molar-refractivity contribution in [1.29, 1.82) is 0 Å². The number of likely N-dealkylation sites (N-methyl/N-ethyl adjacent to an activating group) is 2. The maximum atomic E-state index is 13.4. The van der Waals surface area contributed by atoms with Crippen molar-refractivity contribution in [2.24, 2.45) is 0 Å². The van der Waals surface area contributed by atoms with Crippen LogP contribution in [-0.4, -0.2) is 105 Å². The van der Waals surface area contributed by atoms with E-state index < -0.39 is 6.17 Å². The minimum atomic E-state index is -0.457. The van der Waals surface area contributed by atoms with Gasteiger partial charge in [-0.05, 0) is 57.2 Å². The summed E-state index contributed by atoms with van der Waals surface area (Å²) in [4.78, 5) is 48.4. The van der Waals surface area contributed by atoms with Crippen molar-refractivity contribution < 1.29 is 23.9 Å². The molecule has 0 aromatic heterocycles. The molecule has 2 aromatic carbocycles. The number of urea groups is 1. The second kappa shape index (κ2) is 22.1. The predicted molar refractivity (Wildman–Crippen MR) is 174 cm³/mol. The van der Waals surface area contributed by atoms with E-state index in [1.165, 1.54) is 13.0 Å². The quantitative estimate of drug-likeness (QED) is 0.191. The van der Waals surface area contributed by atoms with E-state index in [-0.39, 0.29) is 18.5 Å². The van der Waals surface area contributed by atoms with Crippen LogP contribution in [0.25, 0.3) is 0 Å². The maximum absolute atomic E-state index is 13.4. The molecular weight excluding hydrogens is 607 g/mol. The fourth-order valence-corrected chi connectivity index (χ4v) is 4.63. The van der Waals surface area contributed by atoms with Gasteiger partial charge in [-0.1, -0.05) is 72.3 Å². The second-order valence-electron chi connectivity index (χ2n) is 9.73. The first-order chi connectivity index (χ1) is 21.1. The Labute approximate surface area is 270 Å². The van der Waals surface area contributed by atoms with Gasteiger partial charge in [0.1, 0.15) is 19.1 Å². The van der Waals surface area contributed by atoms with Crippen LogP contribution >= 0.6 is 23.2 Å². The minimum absolute atomic E-state index is 0.00338. The van der Waals surface area contributed by atoms with E-state index in [1.807, 2.05) is 61.5 Å². The average molecular weight is 652 g/mol. The van der Waals surface area contributed by atoms with Gasteiger partial charge in [-0.15, -0.1) is 0 Å². The van der Waals surface area contributed by atoms with Crippen LogP contribution < -0.4 is 10.6 Å². The van der Waals surface area contributed by atoms with Gasteiger partial charge in [-0.3, -0.25) is 14.5 Å².